The molecule has 0 atom stereocenters. The van der Waals surface area contributed by atoms with E-state index < -0.39 is 0 Å². The van der Waals surface area contributed by atoms with Gasteiger partial charge in [-0.3, -0.25) is 0 Å². The molecule has 2 aromatic carbocycles. The highest BCUT2D eigenvalue weighted by Gasteiger charge is 2.20. The fraction of sp³-hybridized carbons (Fsp3) is 0.294. The Morgan fingerprint density at radius 3 is 2.70 bits per heavy atom. The van der Waals surface area contributed by atoms with E-state index in [1.165, 1.54) is 24.1 Å². The topological polar surface area (TPSA) is 3.24 Å². The maximum atomic E-state index is 6.46. The second-order valence-electron chi connectivity index (χ2n) is 5.12. The van der Waals surface area contributed by atoms with Gasteiger partial charge in [-0.1, -0.05) is 41.9 Å². The van der Waals surface area contributed by atoms with Crippen LogP contribution in [0, 0.1) is 0 Å². The van der Waals surface area contributed by atoms with Crippen molar-refractivity contribution in [2.75, 3.05) is 11.4 Å². The summed E-state index contributed by atoms with van der Waals surface area (Å²) in [5, 5.41) is 0.778. The summed E-state index contributed by atoms with van der Waals surface area (Å²) in [4.78, 5) is 2.34. The van der Waals surface area contributed by atoms with E-state index in [-0.39, 0.29) is 0 Å². The quantitative estimate of drug-likeness (QED) is 0.657. The number of anilines is 2. The molecule has 3 rings (SSSR count). The Balaban J connectivity index is 2.15. The lowest BCUT2D eigenvalue weighted by Gasteiger charge is -2.28. The van der Waals surface area contributed by atoms with E-state index in [9.17, 15) is 0 Å². The Kier molecular flexibility index (Phi) is 4.18. The normalized spacial score (nSPS) is 14.8. The van der Waals surface area contributed by atoms with Gasteiger partial charge in [0.25, 0.3) is 0 Å². The third-order valence-corrected chi connectivity index (χ3v) is 4.44. The molecule has 0 saturated carbocycles. The lowest BCUT2D eigenvalue weighted by atomic mass is 10.1. The van der Waals surface area contributed by atoms with Gasteiger partial charge in [0.05, 0.1) is 10.7 Å². The minimum absolute atomic E-state index is 0.481. The summed E-state index contributed by atoms with van der Waals surface area (Å²) in [7, 11) is 0. The largest absolute Gasteiger partial charge is 0.340 e. The van der Waals surface area contributed by atoms with E-state index in [0.717, 1.165) is 29.2 Å². The number of para-hydroxylation sites is 2. The molecule has 1 nitrogen and oxygen atoms in total. The lowest BCUT2D eigenvalue weighted by molar-refractivity contribution is 0.760. The smallest absolute Gasteiger partial charge is 0.0646 e. The minimum atomic E-state index is 0.481. The van der Waals surface area contributed by atoms with Crippen molar-refractivity contribution in [3.63, 3.8) is 0 Å². The molecule has 0 fully saturated rings. The molecule has 0 aromatic heterocycles. The van der Waals surface area contributed by atoms with Crippen molar-refractivity contribution in [3.8, 4) is 0 Å². The third kappa shape index (κ3) is 2.53. The zero-order valence-electron chi connectivity index (χ0n) is 11.3. The second-order valence-corrected chi connectivity index (χ2v) is 5.79. The van der Waals surface area contributed by atoms with Gasteiger partial charge >= 0.3 is 0 Å². The van der Waals surface area contributed by atoms with Crippen LogP contribution in [0.25, 0.3) is 0 Å². The van der Waals surface area contributed by atoms with Crippen molar-refractivity contribution < 1.29 is 0 Å². The summed E-state index contributed by atoms with van der Waals surface area (Å²) in [6.45, 7) is 0.991. The van der Waals surface area contributed by atoms with Crippen LogP contribution in [0.1, 0.15) is 24.0 Å². The molecule has 0 aliphatic carbocycles. The van der Waals surface area contributed by atoms with Gasteiger partial charge in [-0.25, -0.2) is 0 Å². The molecule has 0 bridgehead atoms. The number of hydrogen-bond acceptors (Lipinski definition) is 1. The van der Waals surface area contributed by atoms with E-state index in [4.69, 9.17) is 23.2 Å². The summed E-state index contributed by atoms with van der Waals surface area (Å²) >= 11 is 12.6. The number of fused-ring (bicyclic) bond motifs is 1. The molecule has 104 valence electrons. The number of rotatable bonds is 2. The van der Waals surface area contributed by atoms with Crippen LogP contribution in [0.2, 0.25) is 5.02 Å². The molecular formula is C17H17Cl2N. The van der Waals surface area contributed by atoms with Crippen molar-refractivity contribution in [1.29, 1.82) is 0 Å². The molecule has 0 unspecified atom stereocenters. The van der Waals surface area contributed by atoms with Crippen molar-refractivity contribution in [1.82, 2.24) is 0 Å². The first-order chi connectivity index (χ1) is 9.81. The van der Waals surface area contributed by atoms with Crippen LogP contribution in [-0.4, -0.2) is 6.54 Å². The molecule has 0 radical (unpaired) electrons. The maximum Gasteiger partial charge on any atom is 0.0646 e. The number of halogens is 2. The molecule has 3 heteroatoms. The fourth-order valence-corrected chi connectivity index (χ4v) is 3.41. The van der Waals surface area contributed by atoms with Gasteiger partial charge in [0.1, 0.15) is 0 Å². The lowest BCUT2D eigenvalue weighted by Crippen LogP contribution is -2.19. The number of alkyl halides is 1. The van der Waals surface area contributed by atoms with Gasteiger partial charge in [0.2, 0.25) is 0 Å². The number of nitrogens with zero attached hydrogens (tertiary/aromatic N) is 1. The van der Waals surface area contributed by atoms with Crippen LogP contribution in [0.3, 0.4) is 0 Å². The Labute approximate surface area is 130 Å². The van der Waals surface area contributed by atoms with Crippen LogP contribution in [0.15, 0.2) is 42.5 Å². The van der Waals surface area contributed by atoms with Crippen molar-refractivity contribution in [3.05, 3.63) is 58.6 Å². The van der Waals surface area contributed by atoms with E-state index in [2.05, 4.69) is 35.2 Å². The average molecular weight is 306 g/mol. The van der Waals surface area contributed by atoms with Crippen LogP contribution in [0.5, 0.6) is 0 Å². The summed E-state index contributed by atoms with van der Waals surface area (Å²) in [5.41, 5.74) is 4.82. The predicted octanol–water partition coefficient (Wildman–Crippen LogP) is 5.55. The monoisotopic (exact) mass is 305 g/mol. The Morgan fingerprint density at radius 1 is 1.00 bits per heavy atom. The fourth-order valence-electron chi connectivity index (χ4n) is 2.89. The summed E-state index contributed by atoms with van der Waals surface area (Å²) in [5.74, 6) is 0.481. The van der Waals surface area contributed by atoms with E-state index in [1.54, 1.807) is 0 Å². The molecule has 0 saturated heterocycles. The summed E-state index contributed by atoms with van der Waals surface area (Å²) in [6, 6.07) is 14.6. The Hall–Kier alpha value is -1.18. The van der Waals surface area contributed by atoms with Gasteiger partial charge in [0, 0.05) is 18.1 Å². The number of aryl methyl sites for hydroxylation is 1. The van der Waals surface area contributed by atoms with Gasteiger partial charge in [-0.2, -0.15) is 0 Å². The molecular weight excluding hydrogens is 289 g/mol. The second kappa shape index (κ2) is 6.07. The summed E-state index contributed by atoms with van der Waals surface area (Å²) in [6.07, 6.45) is 3.52. The highest BCUT2D eigenvalue weighted by molar-refractivity contribution is 6.33. The first-order valence-corrected chi connectivity index (χ1v) is 7.91. The molecule has 2 aromatic rings. The highest BCUT2D eigenvalue weighted by atomic mass is 35.5. The van der Waals surface area contributed by atoms with E-state index in [1.807, 2.05) is 12.1 Å². The molecule has 1 aliphatic heterocycles. The number of hydrogen-bond donors (Lipinski definition) is 0. The molecule has 0 spiro atoms. The SMILES string of the molecule is ClCc1cccc(Cl)c1N1CCCCc2ccccc21. The van der Waals surface area contributed by atoms with Crippen molar-refractivity contribution >= 4 is 34.6 Å². The Bertz CT molecular complexity index is 610. The number of benzene rings is 2. The first-order valence-electron chi connectivity index (χ1n) is 7.00. The maximum absolute atomic E-state index is 6.46. The van der Waals surface area contributed by atoms with Crippen LogP contribution in [0.4, 0.5) is 11.4 Å². The third-order valence-electron chi connectivity index (χ3n) is 3.84. The molecule has 20 heavy (non-hydrogen) atoms. The molecule has 0 N–H and O–H groups in total. The van der Waals surface area contributed by atoms with Gasteiger partial charge in [0.15, 0.2) is 0 Å². The van der Waals surface area contributed by atoms with E-state index in [0.29, 0.717) is 5.88 Å². The molecule has 1 aliphatic rings. The van der Waals surface area contributed by atoms with Gasteiger partial charge in [-0.15, -0.1) is 11.6 Å². The van der Waals surface area contributed by atoms with Crippen LogP contribution in [-0.2, 0) is 12.3 Å². The highest BCUT2D eigenvalue weighted by Crippen LogP contribution is 2.39. The molecule has 0 amide bonds. The van der Waals surface area contributed by atoms with Crippen molar-refractivity contribution in [2.24, 2.45) is 0 Å². The average Bonchev–Trinajstić information content (AvgIpc) is 2.69. The zero-order chi connectivity index (χ0) is 13.9. The minimum Gasteiger partial charge on any atom is -0.340 e. The van der Waals surface area contributed by atoms with Gasteiger partial charge in [-0.05, 0) is 42.5 Å². The van der Waals surface area contributed by atoms with Crippen molar-refractivity contribution in [2.45, 2.75) is 25.1 Å². The molecule has 1 heterocycles. The van der Waals surface area contributed by atoms with Crippen LogP contribution >= 0.6 is 23.2 Å². The summed E-state index contributed by atoms with van der Waals surface area (Å²) < 4.78 is 0. The Morgan fingerprint density at radius 2 is 1.85 bits per heavy atom. The standard InChI is InChI=1S/C17H17Cl2N/c18-12-14-8-5-9-15(19)17(14)20-11-4-3-7-13-6-1-2-10-16(13)20/h1-2,5-6,8-10H,3-4,7,11-12H2. The van der Waals surface area contributed by atoms with Gasteiger partial charge < -0.3 is 4.90 Å². The predicted molar refractivity (Wildman–Crippen MR) is 87.4 cm³/mol. The van der Waals surface area contributed by atoms with Crippen LogP contribution < -0.4 is 4.90 Å². The first kappa shape index (κ1) is 13.8. The zero-order valence-corrected chi connectivity index (χ0v) is 12.8. The van der Waals surface area contributed by atoms with E-state index >= 15 is 0 Å².